The number of likely N-dealkylation sites (tertiary alicyclic amines) is 1. The third-order valence-corrected chi connectivity index (χ3v) is 11.7. The first-order valence-electron chi connectivity index (χ1n) is 19.0. The first kappa shape index (κ1) is 43.6. The number of rotatable bonds is 19. The highest BCUT2D eigenvalue weighted by atomic mass is 32.1. The van der Waals surface area contributed by atoms with E-state index in [9.17, 15) is 24.0 Å². The number of thiazole rings is 1. The summed E-state index contributed by atoms with van der Waals surface area (Å²) in [5.41, 5.74) is 0.554. The van der Waals surface area contributed by atoms with Gasteiger partial charge in [0.1, 0.15) is 16.7 Å². The van der Waals surface area contributed by atoms with Crippen molar-refractivity contribution in [2.45, 2.75) is 124 Å². The zero-order valence-electron chi connectivity index (χ0n) is 33.4. The van der Waals surface area contributed by atoms with Gasteiger partial charge in [-0.3, -0.25) is 28.9 Å². The van der Waals surface area contributed by atoms with Gasteiger partial charge in [0.25, 0.3) is 5.91 Å². The number of nitrogens with zero attached hydrogens (tertiary/aromatic N) is 3. The standard InChI is InChI=1S/C40H62N6O6S/c1-11-26(5)34(44-39(51)40(8)19-16-20-45(40)9)37(49)46(10)33(25(3)4)23-31(41-28(7)47)36-43-32(24-53-36)35(48)42-30(21-27(6)38(50)52-12-2)22-29-17-14-13-15-18-29/h13-15,17-18,24-27,30-31,33-34H,11-12,16,19-23H2,1-10H3,(H,41,47)(H,42,48)(H,44,51)/t26?,27?,30?,31?,33?,34?,40-/m1/s1. The molecule has 1 saturated heterocycles. The first-order chi connectivity index (χ1) is 25.0. The molecule has 3 rings (SSSR count). The first-order valence-corrected chi connectivity index (χ1v) is 19.9. The van der Waals surface area contributed by atoms with Crippen molar-refractivity contribution in [2.75, 3.05) is 27.2 Å². The van der Waals surface area contributed by atoms with Gasteiger partial charge in [-0.05, 0) is 76.9 Å². The maximum absolute atomic E-state index is 14.3. The van der Waals surface area contributed by atoms with Crippen LogP contribution in [0.5, 0.6) is 0 Å². The molecule has 0 radical (unpaired) electrons. The number of ether oxygens (including phenoxy) is 1. The van der Waals surface area contributed by atoms with Crippen LogP contribution in [0.4, 0.5) is 0 Å². The third-order valence-electron chi connectivity index (χ3n) is 10.8. The zero-order chi connectivity index (χ0) is 39.5. The van der Waals surface area contributed by atoms with Gasteiger partial charge >= 0.3 is 5.97 Å². The van der Waals surface area contributed by atoms with Crippen LogP contribution in [0.3, 0.4) is 0 Å². The molecule has 1 aromatic carbocycles. The highest BCUT2D eigenvalue weighted by Crippen LogP contribution is 2.30. The second-order valence-corrected chi connectivity index (χ2v) is 16.1. The summed E-state index contributed by atoms with van der Waals surface area (Å²) >= 11 is 1.27. The van der Waals surface area contributed by atoms with E-state index in [1.165, 1.54) is 18.3 Å². The Morgan fingerprint density at radius 1 is 1.02 bits per heavy atom. The van der Waals surface area contributed by atoms with Crippen LogP contribution in [0.15, 0.2) is 35.7 Å². The number of hydrogen-bond donors (Lipinski definition) is 3. The van der Waals surface area contributed by atoms with Crippen LogP contribution in [-0.2, 0) is 30.3 Å². The molecule has 53 heavy (non-hydrogen) atoms. The molecule has 2 heterocycles. The molecule has 0 bridgehead atoms. The van der Waals surface area contributed by atoms with E-state index in [0.29, 0.717) is 30.7 Å². The van der Waals surface area contributed by atoms with Crippen molar-refractivity contribution in [1.82, 2.24) is 30.7 Å². The van der Waals surface area contributed by atoms with E-state index in [2.05, 4.69) is 20.9 Å². The molecule has 294 valence electrons. The van der Waals surface area contributed by atoms with Gasteiger partial charge in [-0.15, -0.1) is 11.3 Å². The lowest BCUT2D eigenvalue weighted by molar-refractivity contribution is -0.147. The molecular weight excluding hydrogens is 693 g/mol. The minimum absolute atomic E-state index is 0.00478. The van der Waals surface area contributed by atoms with Crippen LogP contribution >= 0.6 is 11.3 Å². The van der Waals surface area contributed by atoms with Crippen molar-refractivity contribution in [3.8, 4) is 0 Å². The highest BCUT2D eigenvalue weighted by Gasteiger charge is 2.44. The minimum Gasteiger partial charge on any atom is -0.466 e. The van der Waals surface area contributed by atoms with Crippen molar-refractivity contribution < 1.29 is 28.7 Å². The number of carbonyl (C=O) groups is 5. The lowest BCUT2D eigenvalue weighted by Crippen LogP contribution is -2.60. The molecule has 1 aliphatic rings. The van der Waals surface area contributed by atoms with Gasteiger partial charge in [0.15, 0.2) is 0 Å². The number of amides is 4. The van der Waals surface area contributed by atoms with Crippen molar-refractivity contribution >= 4 is 40.9 Å². The van der Waals surface area contributed by atoms with E-state index in [0.717, 1.165) is 24.9 Å². The van der Waals surface area contributed by atoms with Crippen LogP contribution in [0, 0.1) is 17.8 Å². The van der Waals surface area contributed by atoms with Crippen molar-refractivity contribution in [3.05, 3.63) is 52.0 Å². The fourth-order valence-corrected chi connectivity index (χ4v) is 7.91. The molecule has 1 aromatic heterocycles. The predicted octanol–water partition coefficient (Wildman–Crippen LogP) is 5.14. The van der Waals surface area contributed by atoms with Gasteiger partial charge in [-0.2, -0.15) is 0 Å². The van der Waals surface area contributed by atoms with Gasteiger partial charge in [-0.1, -0.05) is 71.4 Å². The van der Waals surface area contributed by atoms with Gasteiger partial charge in [-0.25, -0.2) is 4.98 Å². The largest absolute Gasteiger partial charge is 0.466 e. The average Bonchev–Trinajstić information content (AvgIpc) is 3.75. The molecule has 12 nitrogen and oxygen atoms in total. The van der Waals surface area contributed by atoms with E-state index in [4.69, 9.17) is 9.72 Å². The van der Waals surface area contributed by atoms with Crippen LogP contribution in [0.2, 0.25) is 0 Å². The molecular formula is C40H62N6O6S. The predicted molar refractivity (Wildman–Crippen MR) is 208 cm³/mol. The molecule has 13 heteroatoms. The summed E-state index contributed by atoms with van der Waals surface area (Å²) in [5, 5.41) is 11.4. The van der Waals surface area contributed by atoms with Crippen LogP contribution in [-0.4, -0.2) is 95.3 Å². The maximum atomic E-state index is 14.3. The van der Waals surface area contributed by atoms with Crippen LogP contribution in [0.1, 0.15) is 115 Å². The molecule has 1 fully saturated rings. The Morgan fingerprint density at radius 3 is 2.26 bits per heavy atom. The normalized spacial score (nSPS) is 19.4. The summed E-state index contributed by atoms with van der Waals surface area (Å²) in [6.45, 7) is 16.1. The monoisotopic (exact) mass is 754 g/mol. The third kappa shape index (κ3) is 11.8. The minimum atomic E-state index is -0.714. The van der Waals surface area contributed by atoms with Gasteiger partial charge in [0.05, 0.1) is 24.1 Å². The zero-order valence-corrected chi connectivity index (χ0v) is 34.2. The highest BCUT2D eigenvalue weighted by molar-refractivity contribution is 7.09. The second-order valence-electron chi connectivity index (χ2n) is 15.2. The van der Waals surface area contributed by atoms with E-state index < -0.39 is 23.5 Å². The van der Waals surface area contributed by atoms with Gasteiger partial charge in [0, 0.05) is 31.4 Å². The Morgan fingerprint density at radius 2 is 1.70 bits per heavy atom. The number of hydrogen-bond acceptors (Lipinski definition) is 9. The Hall–Kier alpha value is -3.84. The second kappa shape index (κ2) is 20.0. The molecule has 2 aromatic rings. The van der Waals surface area contributed by atoms with Crippen molar-refractivity contribution in [2.24, 2.45) is 17.8 Å². The van der Waals surface area contributed by atoms with E-state index in [-0.39, 0.29) is 65.8 Å². The topological polar surface area (TPSA) is 150 Å². The Bertz CT molecular complexity index is 1530. The summed E-state index contributed by atoms with van der Waals surface area (Å²) < 4.78 is 5.22. The lowest BCUT2D eigenvalue weighted by Gasteiger charge is -2.38. The Kier molecular flexibility index (Phi) is 16.4. The number of carbonyl (C=O) groups excluding carboxylic acids is 5. The van der Waals surface area contributed by atoms with E-state index >= 15 is 0 Å². The fraction of sp³-hybridized carbons (Fsp3) is 0.650. The molecule has 1 aliphatic heterocycles. The number of esters is 1. The fourth-order valence-electron chi connectivity index (χ4n) is 7.04. The molecule has 0 aliphatic carbocycles. The SMILES string of the molecule is CCOC(=O)C(C)CC(Cc1ccccc1)NC(=O)c1csc(C(CC(C(C)C)N(C)C(=O)C(NC(=O)[C@@]2(C)CCCN2C)C(C)CC)NC(C)=O)n1. The van der Waals surface area contributed by atoms with Crippen LogP contribution in [0.25, 0.3) is 0 Å². The number of nitrogens with one attached hydrogen (secondary N) is 3. The molecule has 4 amide bonds. The summed E-state index contributed by atoms with van der Waals surface area (Å²) in [6.07, 6.45) is 3.61. The number of aromatic nitrogens is 1. The molecule has 0 spiro atoms. The van der Waals surface area contributed by atoms with E-state index in [1.807, 2.05) is 72.0 Å². The Labute approximate surface area is 320 Å². The number of likely N-dealkylation sites (N-methyl/N-ethyl adjacent to an activating group) is 2. The van der Waals surface area contributed by atoms with E-state index in [1.54, 1.807) is 31.2 Å². The summed E-state index contributed by atoms with van der Waals surface area (Å²) in [4.78, 5) is 74.9. The summed E-state index contributed by atoms with van der Waals surface area (Å²) in [5.74, 6) is -1.81. The smallest absolute Gasteiger partial charge is 0.308 e. The number of benzene rings is 1. The van der Waals surface area contributed by atoms with Gasteiger partial charge in [0.2, 0.25) is 17.7 Å². The molecule has 6 unspecified atom stereocenters. The molecule has 0 saturated carbocycles. The van der Waals surface area contributed by atoms with Crippen molar-refractivity contribution in [3.63, 3.8) is 0 Å². The van der Waals surface area contributed by atoms with Crippen molar-refractivity contribution in [1.29, 1.82) is 0 Å². The summed E-state index contributed by atoms with van der Waals surface area (Å²) in [6, 6.07) is 7.78. The summed E-state index contributed by atoms with van der Waals surface area (Å²) in [7, 11) is 3.70. The Balaban J connectivity index is 1.83. The lowest BCUT2D eigenvalue weighted by atomic mass is 9.91. The molecule has 7 atom stereocenters. The average molecular weight is 755 g/mol. The molecule has 3 N–H and O–H groups in total. The maximum Gasteiger partial charge on any atom is 0.308 e. The van der Waals surface area contributed by atoms with Gasteiger partial charge < -0.3 is 25.6 Å². The van der Waals surface area contributed by atoms with Crippen LogP contribution < -0.4 is 16.0 Å². The quantitative estimate of drug-likeness (QED) is 0.167.